The largest absolute Gasteiger partial charge is 0.504 e. The molecular weight excluding hydrogens is 288 g/mol. The number of ether oxygens (including phenoxy) is 1. The van der Waals surface area contributed by atoms with E-state index in [0.29, 0.717) is 23.5 Å². The number of aliphatic hydroxyl groups is 1. The minimum Gasteiger partial charge on any atom is -0.504 e. The zero-order valence-electron chi connectivity index (χ0n) is 14.0. The van der Waals surface area contributed by atoms with E-state index in [1.165, 1.54) is 11.1 Å². The Morgan fingerprint density at radius 2 is 2.09 bits per heavy atom. The topological polar surface area (TPSA) is 49.7 Å². The molecule has 0 amide bonds. The van der Waals surface area contributed by atoms with E-state index in [9.17, 15) is 10.2 Å². The quantitative estimate of drug-likeness (QED) is 0.817. The van der Waals surface area contributed by atoms with Gasteiger partial charge in [0.2, 0.25) is 0 Å². The Hall–Kier alpha value is -1.48. The van der Waals surface area contributed by atoms with Crippen molar-refractivity contribution in [2.45, 2.75) is 51.0 Å². The zero-order valence-corrected chi connectivity index (χ0v) is 14.0. The van der Waals surface area contributed by atoms with Crippen molar-refractivity contribution < 1.29 is 14.9 Å². The van der Waals surface area contributed by atoms with Crippen LogP contribution in [0.25, 0.3) is 0 Å². The summed E-state index contributed by atoms with van der Waals surface area (Å²) in [6.45, 7) is 2.22. The molecule has 0 aliphatic heterocycles. The van der Waals surface area contributed by atoms with Crippen LogP contribution in [-0.2, 0) is 6.42 Å². The maximum Gasteiger partial charge on any atom is 0.160 e. The molecule has 124 valence electrons. The molecule has 2 N–H and O–H groups in total. The maximum atomic E-state index is 10.5. The highest BCUT2D eigenvalue weighted by Gasteiger charge is 2.53. The standard InChI is InChI=1S/C20H26O3/c1-3-20-9-8-13-14(16(20)6-7-19(20)22)5-4-12-10-17(21)18(23-2)11-15(12)13/h6-7,10-11,13-14,16,19,21-22H,3-5,8-9H2,1-2H3/t13?,14?,16?,19-,20-/m0/s1. The number of benzene rings is 1. The van der Waals surface area contributed by atoms with Crippen molar-refractivity contribution in [3.05, 3.63) is 35.4 Å². The summed E-state index contributed by atoms with van der Waals surface area (Å²) >= 11 is 0. The molecule has 3 heteroatoms. The van der Waals surface area contributed by atoms with E-state index in [1.807, 2.05) is 12.1 Å². The fraction of sp³-hybridized carbons (Fsp3) is 0.600. The summed E-state index contributed by atoms with van der Waals surface area (Å²) in [7, 11) is 1.61. The second kappa shape index (κ2) is 5.27. The van der Waals surface area contributed by atoms with Crippen molar-refractivity contribution in [1.29, 1.82) is 0 Å². The first kappa shape index (κ1) is 15.1. The van der Waals surface area contributed by atoms with E-state index >= 15 is 0 Å². The van der Waals surface area contributed by atoms with Gasteiger partial charge in [0.1, 0.15) is 0 Å². The van der Waals surface area contributed by atoms with Crippen LogP contribution in [0.1, 0.15) is 49.7 Å². The van der Waals surface area contributed by atoms with Crippen molar-refractivity contribution in [3.63, 3.8) is 0 Å². The van der Waals surface area contributed by atoms with Crippen molar-refractivity contribution >= 4 is 0 Å². The van der Waals surface area contributed by atoms with E-state index in [1.54, 1.807) is 7.11 Å². The first-order valence-corrected chi connectivity index (χ1v) is 8.87. The van der Waals surface area contributed by atoms with Crippen LogP contribution >= 0.6 is 0 Å². The molecule has 5 atom stereocenters. The molecule has 1 fully saturated rings. The SMILES string of the molecule is CC[C@]12CCC3c4cc(OC)c(O)cc4CCC3C1C=C[C@@H]2O. The first-order valence-electron chi connectivity index (χ1n) is 8.87. The van der Waals surface area contributed by atoms with Crippen LogP contribution in [0, 0.1) is 17.3 Å². The Morgan fingerprint density at radius 1 is 1.26 bits per heavy atom. The number of hydrogen-bond donors (Lipinski definition) is 2. The van der Waals surface area contributed by atoms with E-state index in [2.05, 4.69) is 19.1 Å². The van der Waals surface area contributed by atoms with Crippen molar-refractivity contribution in [2.24, 2.45) is 17.3 Å². The Labute approximate surface area is 138 Å². The summed E-state index contributed by atoms with van der Waals surface area (Å²) in [6, 6.07) is 3.95. The fourth-order valence-corrected chi connectivity index (χ4v) is 5.64. The lowest BCUT2D eigenvalue weighted by Gasteiger charge is -2.51. The van der Waals surface area contributed by atoms with Crippen molar-refractivity contribution in [3.8, 4) is 11.5 Å². The predicted molar refractivity (Wildman–Crippen MR) is 89.8 cm³/mol. The Kier molecular flexibility index (Phi) is 3.45. The molecule has 0 radical (unpaired) electrons. The van der Waals surface area contributed by atoms with E-state index in [0.717, 1.165) is 32.1 Å². The van der Waals surface area contributed by atoms with Gasteiger partial charge < -0.3 is 14.9 Å². The molecule has 1 saturated carbocycles. The third kappa shape index (κ3) is 1.99. The molecule has 1 aromatic rings. The molecule has 0 saturated heterocycles. The third-order valence-corrected chi connectivity index (χ3v) is 6.90. The monoisotopic (exact) mass is 314 g/mol. The number of fused-ring (bicyclic) bond motifs is 5. The molecule has 3 unspecified atom stereocenters. The lowest BCUT2D eigenvalue weighted by Crippen LogP contribution is -2.46. The zero-order chi connectivity index (χ0) is 16.2. The van der Waals surface area contributed by atoms with E-state index in [4.69, 9.17) is 4.74 Å². The Balaban J connectivity index is 1.74. The molecule has 1 aromatic carbocycles. The summed E-state index contributed by atoms with van der Waals surface area (Å²) < 4.78 is 5.33. The van der Waals surface area contributed by atoms with Crippen LogP contribution in [0.4, 0.5) is 0 Å². The maximum absolute atomic E-state index is 10.5. The van der Waals surface area contributed by atoms with Gasteiger partial charge in [0.25, 0.3) is 0 Å². The van der Waals surface area contributed by atoms with Crippen LogP contribution in [0.3, 0.4) is 0 Å². The highest BCUT2D eigenvalue weighted by Crippen LogP contribution is 2.60. The number of phenolic OH excluding ortho intramolecular Hbond substituents is 1. The van der Waals surface area contributed by atoms with Crippen molar-refractivity contribution in [1.82, 2.24) is 0 Å². The number of aliphatic hydroxyl groups excluding tert-OH is 1. The molecular formula is C20H26O3. The number of rotatable bonds is 2. The van der Waals surface area contributed by atoms with Gasteiger partial charge in [-0.15, -0.1) is 0 Å². The Morgan fingerprint density at radius 3 is 2.83 bits per heavy atom. The predicted octanol–water partition coefficient (Wildman–Crippen LogP) is 3.78. The number of aromatic hydroxyl groups is 1. The van der Waals surface area contributed by atoms with Gasteiger partial charge in [0.15, 0.2) is 11.5 Å². The lowest BCUT2D eigenvalue weighted by atomic mass is 9.54. The Bertz CT molecular complexity index is 651. The minimum atomic E-state index is -0.283. The van der Waals surface area contributed by atoms with E-state index in [-0.39, 0.29) is 17.3 Å². The first-order chi connectivity index (χ1) is 11.1. The fourth-order valence-electron chi connectivity index (χ4n) is 5.64. The normalized spacial score (nSPS) is 37.9. The second-order valence-corrected chi connectivity index (χ2v) is 7.51. The molecule has 0 spiro atoms. The van der Waals surface area contributed by atoms with Gasteiger partial charge in [0, 0.05) is 5.41 Å². The van der Waals surface area contributed by atoms with E-state index < -0.39 is 0 Å². The molecule has 0 bridgehead atoms. The van der Waals surface area contributed by atoms with Gasteiger partial charge in [-0.1, -0.05) is 19.1 Å². The van der Waals surface area contributed by atoms with Gasteiger partial charge in [-0.2, -0.15) is 0 Å². The smallest absolute Gasteiger partial charge is 0.160 e. The van der Waals surface area contributed by atoms with Gasteiger partial charge in [0.05, 0.1) is 13.2 Å². The number of phenols is 1. The second-order valence-electron chi connectivity index (χ2n) is 7.51. The molecule has 3 nitrogen and oxygen atoms in total. The molecule has 3 aliphatic carbocycles. The molecule has 4 rings (SSSR count). The van der Waals surface area contributed by atoms with Gasteiger partial charge in [-0.05, 0) is 73.1 Å². The van der Waals surface area contributed by atoms with Gasteiger partial charge in [-0.25, -0.2) is 0 Å². The van der Waals surface area contributed by atoms with Crippen LogP contribution < -0.4 is 4.74 Å². The number of methoxy groups -OCH3 is 1. The van der Waals surface area contributed by atoms with Gasteiger partial charge in [-0.3, -0.25) is 0 Å². The third-order valence-electron chi connectivity index (χ3n) is 6.90. The average Bonchev–Trinajstić information content (AvgIpc) is 2.91. The number of allylic oxidation sites excluding steroid dienone is 1. The van der Waals surface area contributed by atoms with Crippen LogP contribution in [0.2, 0.25) is 0 Å². The minimum absolute atomic E-state index is 0.0552. The van der Waals surface area contributed by atoms with Crippen LogP contribution in [0.5, 0.6) is 11.5 Å². The highest BCUT2D eigenvalue weighted by atomic mass is 16.5. The molecule has 23 heavy (non-hydrogen) atoms. The van der Waals surface area contributed by atoms with Crippen LogP contribution in [0.15, 0.2) is 24.3 Å². The summed E-state index contributed by atoms with van der Waals surface area (Å²) in [6.07, 6.45) is 9.43. The van der Waals surface area contributed by atoms with Crippen LogP contribution in [-0.4, -0.2) is 23.4 Å². The highest BCUT2D eigenvalue weighted by molar-refractivity contribution is 5.49. The summed E-state index contributed by atoms with van der Waals surface area (Å²) in [5, 5.41) is 20.6. The molecule has 3 aliphatic rings. The van der Waals surface area contributed by atoms with Gasteiger partial charge >= 0.3 is 0 Å². The lowest BCUT2D eigenvalue weighted by molar-refractivity contribution is -0.0274. The number of aryl methyl sites for hydroxylation is 1. The summed E-state index contributed by atoms with van der Waals surface area (Å²) in [4.78, 5) is 0. The van der Waals surface area contributed by atoms with Crippen molar-refractivity contribution in [2.75, 3.05) is 7.11 Å². The number of hydrogen-bond acceptors (Lipinski definition) is 3. The average molecular weight is 314 g/mol. The molecule has 0 heterocycles. The summed E-state index contributed by atoms with van der Waals surface area (Å²) in [5.41, 5.74) is 2.69. The molecule has 0 aromatic heterocycles. The summed E-state index contributed by atoms with van der Waals surface area (Å²) in [5.74, 6) is 2.43.